The van der Waals surface area contributed by atoms with E-state index in [0.717, 1.165) is 12.1 Å². The second-order valence-corrected chi connectivity index (χ2v) is 4.76. The summed E-state index contributed by atoms with van der Waals surface area (Å²) < 4.78 is 5.14. The van der Waals surface area contributed by atoms with E-state index in [1.165, 1.54) is 5.56 Å². The molecule has 1 aromatic heterocycles. The molecule has 1 atom stereocenters. The van der Waals surface area contributed by atoms with Crippen LogP contribution in [0.4, 0.5) is 0 Å². The number of hydrogen-bond acceptors (Lipinski definition) is 3. The van der Waals surface area contributed by atoms with Crippen molar-refractivity contribution in [3.63, 3.8) is 0 Å². The molecule has 1 aromatic carbocycles. The first kappa shape index (κ1) is 13.8. The highest BCUT2D eigenvalue weighted by atomic mass is 35.5. The van der Waals surface area contributed by atoms with E-state index in [1.807, 2.05) is 30.3 Å². The number of halogens is 1. The van der Waals surface area contributed by atoms with Gasteiger partial charge in [0.2, 0.25) is 0 Å². The van der Waals surface area contributed by atoms with E-state index in [9.17, 15) is 0 Å². The largest absolute Gasteiger partial charge is 0.495 e. The Hall–Kier alpha value is -1.58. The third kappa shape index (κ3) is 3.69. The lowest BCUT2D eigenvalue weighted by atomic mass is 10.1. The predicted octanol–water partition coefficient (Wildman–Crippen LogP) is 3.59. The topological polar surface area (TPSA) is 34.1 Å². The molecule has 4 heteroatoms. The van der Waals surface area contributed by atoms with Crippen LogP contribution in [0.1, 0.15) is 24.1 Å². The van der Waals surface area contributed by atoms with Crippen molar-refractivity contribution in [2.75, 3.05) is 7.11 Å². The number of methoxy groups -OCH3 is 1. The Morgan fingerprint density at radius 3 is 2.63 bits per heavy atom. The molecule has 19 heavy (non-hydrogen) atoms. The van der Waals surface area contributed by atoms with Crippen LogP contribution in [0.3, 0.4) is 0 Å². The summed E-state index contributed by atoms with van der Waals surface area (Å²) in [5.41, 5.74) is 2.35. The quantitative estimate of drug-likeness (QED) is 0.906. The maximum atomic E-state index is 6.10. The van der Waals surface area contributed by atoms with Gasteiger partial charge in [0.05, 0.1) is 12.1 Å². The van der Waals surface area contributed by atoms with Gasteiger partial charge in [0.15, 0.2) is 0 Å². The minimum Gasteiger partial charge on any atom is -0.495 e. The summed E-state index contributed by atoms with van der Waals surface area (Å²) in [5.74, 6) is 0.701. The van der Waals surface area contributed by atoms with Crippen molar-refractivity contribution in [3.8, 4) is 5.75 Å². The van der Waals surface area contributed by atoms with Gasteiger partial charge in [0.1, 0.15) is 5.75 Å². The van der Waals surface area contributed by atoms with Crippen LogP contribution >= 0.6 is 11.6 Å². The molecule has 0 bridgehead atoms. The molecular weight excluding hydrogens is 260 g/mol. The van der Waals surface area contributed by atoms with E-state index < -0.39 is 0 Å². The first-order valence-electron chi connectivity index (χ1n) is 6.16. The number of ether oxygens (including phenoxy) is 1. The lowest BCUT2D eigenvalue weighted by Gasteiger charge is -2.14. The van der Waals surface area contributed by atoms with Crippen molar-refractivity contribution in [2.24, 2.45) is 0 Å². The lowest BCUT2D eigenvalue weighted by Crippen LogP contribution is -2.18. The molecule has 2 rings (SSSR count). The summed E-state index contributed by atoms with van der Waals surface area (Å²) in [6.07, 6.45) is 3.61. The van der Waals surface area contributed by atoms with Crippen LogP contribution in [0.25, 0.3) is 0 Å². The number of hydrogen-bond donors (Lipinski definition) is 1. The van der Waals surface area contributed by atoms with Crippen LogP contribution in [0, 0.1) is 0 Å². The van der Waals surface area contributed by atoms with Crippen LogP contribution in [0.5, 0.6) is 5.75 Å². The van der Waals surface area contributed by atoms with Crippen LogP contribution in [0.15, 0.2) is 42.7 Å². The van der Waals surface area contributed by atoms with Gasteiger partial charge in [-0.1, -0.05) is 17.7 Å². The highest BCUT2D eigenvalue weighted by molar-refractivity contribution is 6.32. The molecule has 0 saturated carbocycles. The highest BCUT2D eigenvalue weighted by Gasteiger charge is 2.06. The number of benzene rings is 1. The molecule has 0 spiro atoms. The van der Waals surface area contributed by atoms with Gasteiger partial charge >= 0.3 is 0 Å². The van der Waals surface area contributed by atoms with E-state index in [-0.39, 0.29) is 6.04 Å². The van der Waals surface area contributed by atoms with Crippen LogP contribution in [0.2, 0.25) is 5.02 Å². The molecule has 0 aliphatic rings. The fraction of sp³-hybridized carbons (Fsp3) is 0.267. The average molecular weight is 277 g/mol. The summed E-state index contributed by atoms with van der Waals surface area (Å²) in [4.78, 5) is 4.02. The van der Waals surface area contributed by atoms with Crippen molar-refractivity contribution in [1.29, 1.82) is 0 Å². The van der Waals surface area contributed by atoms with E-state index in [2.05, 4.69) is 17.2 Å². The number of pyridine rings is 1. The fourth-order valence-electron chi connectivity index (χ4n) is 1.86. The summed E-state index contributed by atoms with van der Waals surface area (Å²) >= 11 is 6.10. The monoisotopic (exact) mass is 276 g/mol. The maximum Gasteiger partial charge on any atom is 0.137 e. The van der Waals surface area contributed by atoms with Crippen LogP contribution < -0.4 is 10.1 Å². The molecule has 1 N–H and O–H groups in total. The van der Waals surface area contributed by atoms with Crippen molar-refractivity contribution >= 4 is 11.6 Å². The van der Waals surface area contributed by atoms with Crippen molar-refractivity contribution in [3.05, 3.63) is 58.9 Å². The van der Waals surface area contributed by atoms with Gasteiger partial charge in [-0.2, -0.15) is 0 Å². The molecule has 0 unspecified atom stereocenters. The Balaban J connectivity index is 1.97. The van der Waals surface area contributed by atoms with E-state index in [0.29, 0.717) is 10.8 Å². The summed E-state index contributed by atoms with van der Waals surface area (Å²) in [7, 11) is 1.62. The molecule has 0 saturated heterocycles. The summed E-state index contributed by atoms with van der Waals surface area (Å²) in [6, 6.07) is 10.1. The normalized spacial score (nSPS) is 12.2. The van der Waals surface area contributed by atoms with Gasteiger partial charge in [-0.05, 0) is 42.3 Å². The zero-order valence-electron chi connectivity index (χ0n) is 11.1. The van der Waals surface area contributed by atoms with Gasteiger partial charge in [-0.15, -0.1) is 0 Å². The van der Waals surface area contributed by atoms with Gasteiger partial charge in [0.25, 0.3) is 0 Å². The Morgan fingerprint density at radius 2 is 2.00 bits per heavy atom. The third-order valence-electron chi connectivity index (χ3n) is 3.03. The molecular formula is C15H17ClN2O. The molecule has 100 valence electrons. The SMILES string of the molecule is COc1ccc(CN[C@@H](C)c2ccncc2)cc1Cl. The number of nitrogens with one attached hydrogen (secondary N) is 1. The van der Waals surface area contributed by atoms with E-state index in [4.69, 9.17) is 16.3 Å². The summed E-state index contributed by atoms with van der Waals surface area (Å²) in [5, 5.41) is 4.09. The van der Waals surface area contributed by atoms with Gasteiger partial charge in [-0.25, -0.2) is 0 Å². The average Bonchev–Trinajstić information content (AvgIpc) is 2.46. The zero-order valence-corrected chi connectivity index (χ0v) is 11.8. The van der Waals surface area contributed by atoms with Crippen LogP contribution in [-0.4, -0.2) is 12.1 Å². The lowest BCUT2D eigenvalue weighted by molar-refractivity contribution is 0.414. The van der Waals surface area contributed by atoms with Crippen LogP contribution in [-0.2, 0) is 6.54 Å². The number of aromatic nitrogens is 1. The van der Waals surface area contributed by atoms with Crippen molar-refractivity contribution in [1.82, 2.24) is 10.3 Å². The number of rotatable bonds is 5. The molecule has 0 aliphatic heterocycles. The van der Waals surface area contributed by atoms with Crippen molar-refractivity contribution < 1.29 is 4.74 Å². The first-order valence-corrected chi connectivity index (χ1v) is 6.54. The Kier molecular flexibility index (Phi) is 4.77. The summed E-state index contributed by atoms with van der Waals surface area (Å²) in [6.45, 7) is 2.88. The first-order chi connectivity index (χ1) is 9.20. The molecule has 2 aromatic rings. The molecule has 0 fully saturated rings. The van der Waals surface area contributed by atoms with E-state index >= 15 is 0 Å². The van der Waals surface area contributed by atoms with Gasteiger partial charge in [0, 0.05) is 25.0 Å². The standard InChI is InChI=1S/C15H17ClN2O/c1-11(13-5-7-17-8-6-13)18-10-12-3-4-15(19-2)14(16)9-12/h3-9,11,18H,10H2,1-2H3/t11-/m0/s1. The predicted molar refractivity (Wildman–Crippen MR) is 77.5 cm³/mol. The second kappa shape index (κ2) is 6.55. The minimum atomic E-state index is 0.267. The molecule has 3 nitrogen and oxygen atoms in total. The second-order valence-electron chi connectivity index (χ2n) is 4.35. The third-order valence-corrected chi connectivity index (χ3v) is 3.33. The molecule has 0 radical (unpaired) electrons. The molecule has 0 amide bonds. The Labute approximate surface area is 118 Å². The molecule has 0 aliphatic carbocycles. The Bertz CT molecular complexity index is 531. The van der Waals surface area contributed by atoms with Gasteiger partial charge in [-0.3, -0.25) is 4.98 Å². The number of nitrogens with zero attached hydrogens (tertiary/aromatic N) is 1. The minimum absolute atomic E-state index is 0.267. The molecule has 1 heterocycles. The maximum absolute atomic E-state index is 6.10. The Morgan fingerprint density at radius 1 is 1.26 bits per heavy atom. The smallest absolute Gasteiger partial charge is 0.137 e. The fourth-order valence-corrected chi connectivity index (χ4v) is 2.14. The van der Waals surface area contributed by atoms with E-state index in [1.54, 1.807) is 19.5 Å². The highest BCUT2D eigenvalue weighted by Crippen LogP contribution is 2.25. The zero-order chi connectivity index (χ0) is 13.7. The van der Waals surface area contributed by atoms with Crippen molar-refractivity contribution in [2.45, 2.75) is 19.5 Å². The van der Waals surface area contributed by atoms with Gasteiger partial charge < -0.3 is 10.1 Å².